The van der Waals surface area contributed by atoms with E-state index in [-0.39, 0.29) is 11.7 Å². The SMILES string of the molecule is CN(CCC(=O)Nc1ccc(F)cc1)Cc1cc(Br)cs1. The van der Waals surface area contributed by atoms with Crippen LogP contribution in [0.25, 0.3) is 0 Å². The predicted octanol–water partition coefficient (Wildman–Crippen LogP) is 4.11. The maximum Gasteiger partial charge on any atom is 0.225 e. The molecule has 2 rings (SSSR count). The van der Waals surface area contributed by atoms with E-state index >= 15 is 0 Å². The van der Waals surface area contributed by atoms with Crippen molar-refractivity contribution < 1.29 is 9.18 Å². The highest BCUT2D eigenvalue weighted by Crippen LogP contribution is 2.20. The van der Waals surface area contributed by atoms with Crippen molar-refractivity contribution >= 4 is 38.9 Å². The van der Waals surface area contributed by atoms with Crippen LogP contribution in [0.5, 0.6) is 0 Å². The molecule has 1 heterocycles. The molecule has 0 aliphatic heterocycles. The molecule has 0 fully saturated rings. The molecule has 0 bridgehead atoms. The number of nitrogens with one attached hydrogen (secondary N) is 1. The van der Waals surface area contributed by atoms with Gasteiger partial charge in [0.25, 0.3) is 0 Å². The maximum absolute atomic E-state index is 12.8. The van der Waals surface area contributed by atoms with Crippen molar-refractivity contribution in [3.63, 3.8) is 0 Å². The number of carbonyl (C=O) groups excluding carboxylic acids is 1. The zero-order valence-electron chi connectivity index (χ0n) is 11.6. The highest BCUT2D eigenvalue weighted by atomic mass is 79.9. The molecule has 1 N–H and O–H groups in total. The summed E-state index contributed by atoms with van der Waals surface area (Å²) in [5, 5.41) is 4.80. The molecular weight excluding hydrogens is 355 g/mol. The summed E-state index contributed by atoms with van der Waals surface area (Å²) in [5.74, 6) is -0.379. The van der Waals surface area contributed by atoms with Crippen molar-refractivity contribution in [2.45, 2.75) is 13.0 Å². The summed E-state index contributed by atoms with van der Waals surface area (Å²) in [7, 11) is 1.98. The van der Waals surface area contributed by atoms with E-state index in [4.69, 9.17) is 0 Å². The molecule has 1 aromatic heterocycles. The average Bonchev–Trinajstić information content (AvgIpc) is 2.84. The van der Waals surface area contributed by atoms with Gasteiger partial charge in [0, 0.05) is 39.9 Å². The molecule has 21 heavy (non-hydrogen) atoms. The van der Waals surface area contributed by atoms with Crippen molar-refractivity contribution in [1.29, 1.82) is 0 Å². The van der Waals surface area contributed by atoms with Gasteiger partial charge in [-0.25, -0.2) is 4.39 Å². The number of rotatable bonds is 6. The third kappa shape index (κ3) is 5.57. The van der Waals surface area contributed by atoms with Gasteiger partial charge in [0.2, 0.25) is 5.91 Å². The number of hydrogen-bond donors (Lipinski definition) is 1. The smallest absolute Gasteiger partial charge is 0.225 e. The van der Waals surface area contributed by atoms with E-state index in [1.54, 1.807) is 23.5 Å². The normalized spacial score (nSPS) is 10.9. The molecule has 0 aliphatic rings. The Hall–Kier alpha value is -1.24. The minimum absolute atomic E-state index is 0.0687. The summed E-state index contributed by atoms with van der Waals surface area (Å²) in [6.07, 6.45) is 0.403. The summed E-state index contributed by atoms with van der Waals surface area (Å²) in [5.41, 5.74) is 0.617. The Bertz CT molecular complexity index is 600. The van der Waals surface area contributed by atoms with Gasteiger partial charge in [0.15, 0.2) is 0 Å². The zero-order valence-corrected chi connectivity index (χ0v) is 14.0. The lowest BCUT2D eigenvalue weighted by Crippen LogP contribution is -2.23. The Kier molecular flexibility index (Phi) is 5.90. The summed E-state index contributed by atoms with van der Waals surface area (Å²) in [6, 6.07) is 7.85. The number of thiophene rings is 1. The molecule has 3 nitrogen and oxygen atoms in total. The summed E-state index contributed by atoms with van der Waals surface area (Å²) in [4.78, 5) is 15.2. The van der Waals surface area contributed by atoms with E-state index in [0.717, 1.165) is 11.0 Å². The molecule has 0 radical (unpaired) electrons. The van der Waals surface area contributed by atoms with Crippen LogP contribution in [0.1, 0.15) is 11.3 Å². The lowest BCUT2D eigenvalue weighted by molar-refractivity contribution is -0.116. The number of hydrogen-bond acceptors (Lipinski definition) is 3. The number of benzene rings is 1. The summed E-state index contributed by atoms with van der Waals surface area (Å²) in [6.45, 7) is 1.49. The van der Waals surface area contributed by atoms with E-state index < -0.39 is 0 Å². The summed E-state index contributed by atoms with van der Waals surface area (Å²) < 4.78 is 13.9. The first-order valence-electron chi connectivity index (χ1n) is 6.50. The van der Waals surface area contributed by atoms with Crippen LogP contribution < -0.4 is 5.32 Å². The number of nitrogens with zero attached hydrogens (tertiary/aromatic N) is 1. The van der Waals surface area contributed by atoms with Crippen LogP contribution in [0.2, 0.25) is 0 Å². The van der Waals surface area contributed by atoms with Gasteiger partial charge in [-0.15, -0.1) is 11.3 Å². The molecule has 6 heteroatoms. The van der Waals surface area contributed by atoms with Crippen molar-refractivity contribution in [1.82, 2.24) is 4.90 Å². The van der Waals surface area contributed by atoms with Gasteiger partial charge in [-0.05, 0) is 53.3 Å². The lowest BCUT2D eigenvalue weighted by Gasteiger charge is -2.15. The fourth-order valence-electron chi connectivity index (χ4n) is 1.83. The van der Waals surface area contributed by atoms with Crippen LogP contribution in [0.3, 0.4) is 0 Å². The van der Waals surface area contributed by atoms with Gasteiger partial charge in [-0.3, -0.25) is 4.79 Å². The summed E-state index contributed by atoms with van der Waals surface area (Å²) >= 11 is 5.12. The number of carbonyl (C=O) groups is 1. The van der Waals surface area contributed by atoms with Crippen molar-refractivity contribution in [2.75, 3.05) is 18.9 Å². The minimum atomic E-state index is -0.310. The molecule has 112 valence electrons. The van der Waals surface area contributed by atoms with E-state index in [2.05, 4.69) is 32.2 Å². The van der Waals surface area contributed by atoms with E-state index in [1.807, 2.05) is 12.4 Å². The third-order valence-corrected chi connectivity index (χ3v) is 4.58. The zero-order chi connectivity index (χ0) is 15.2. The quantitative estimate of drug-likeness (QED) is 0.829. The molecule has 0 saturated heterocycles. The Morgan fingerprint density at radius 1 is 1.38 bits per heavy atom. The van der Waals surface area contributed by atoms with Crippen LogP contribution in [0.4, 0.5) is 10.1 Å². The van der Waals surface area contributed by atoms with Crippen LogP contribution in [0, 0.1) is 5.82 Å². The highest BCUT2D eigenvalue weighted by molar-refractivity contribution is 9.10. The van der Waals surface area contributed by atoms with Gasteiger partial charge >= 0.3 is 0 Å². The monoisotopic (exact) mass is 370 g/mol. The largest absolute Gasteiger partial charge is 0.326 e. The molecule has 1 amide bonds. The average molecular weight is 371 g/mol. The molecule has 1 aromatic carbocycles. The Labute approximate surface area is 135 Å². The number of anilines is 1. The Morgan fingerprint density at radius 2 is 2.10 bits per heavy atom. The molecule has 0 unspecified atom stereocenters. The molecule has 2 aromatic rings. The molecule has 0 saturated carbocycles. The van der Waals surface area contributed by atoms with Gasteiger partial charge in [0.1, 0.15) is 5.82 Å². The van der Waals surface area contributed by atoms with Crippen molar-refractivity contribution in [3.8, 4) is 0 Å². The first-order valence-corrected chi connectivity index (χ1v) is 8.17. The van der Waals surface area contributed by atoms with Gasteiger partial charge < -0.3 is 10.2 Å². The predicted molar refractivity (Wildman–Crippen MR) is 88.0 cm³/mol. The third-order valence-electron chi connectivity index (χ3n) is 2.90. The first kappa shape index (κ1) is 16.1. The second-order valence-electron chi connectivity index (χ2n) is 4.77. The first-order chi connectivity index (χ1) is 10.0. The molecular formula is C15H16BrFN2OS. The Morgan fingerprint density at radius 3 is 2.71 bits per heavy atom. The van der Waals surface area contributed by atoms with Crippen LogP contribution >= 0.6 is 27.3 Å². The molecule has 0 aliphatic carbocycles. The molecule has 0 atom stereocenters. The fourth-order valence-corrected chi connectivity index (χ4v) is 3.36. The fraction of sp³-hybridized carbons (Fsp3) is 0.267. The number of halogens is 2. The maximum atomic E-state index is 12.8. The lowest BCUT2D eigenvalue weighted by atomic mass is 10.3. The van der Waals surface area contributed by atoms with Crippen molar-refractivity contribution in [2.24, 2.45) is 0 Å². The van der Waals surface area contributed by atoms with Crippen LogP contribution in [0.15, 0.2) is 40.2 Å². The number of amides is 1. The van der Waals surface area contributed by atoms with E-state index in [0.29, 0.717) is 18.7 Å². The minimum Gasteiger partial charge on any atom is -0.326 e. The second kappa shape index (κ2) is 7.68. The standard InChI is InChI=1S/C15H16BrFN2OS/c1-19(9-14-8-11(16)10-21-14)7-6-15(20)18-13-4-2-12(17)3-5-13/h2-5,8,10H,6-7,9H2,1H3,(H,18,20). The highest BCUT2D eigenvalue weighted by Gasteiger charge is 2.07. The van der Waals surface area contributed by atoms with Gasteiger partial charge in [-0.1, -0.05) is 0 Å². The van der Waals surface area contributed by atoms with E-state index in [9.17, 15) is 9.18 Å². The Balaban J connectivity index is 1.74. The van der Waals surface area contributed by atoms with Gasteiger partial charge in [0.05, 0.1) is 0 Å². The van der Waals surface area contributed by atoms with Crippen molar-refractivity contribution in [3.05, 3.63) is 50.9 Å². The van der Waals surface area contributed by atoms with E-state index in [1.165, 1.54) is 17.0 Å². The van der Waals surface area contributed by atoms with Gasteiger partial charge in [-0.2, -0.15) is 0 Å². The van der Waals surface area contributed by atoms with Crippen LogP contribution in [-0.4, -0.2) is 24.4 Å². The molecule has 0 spiro atoms. The van der Waals surface area contributed by atoms with Crippen LogP contribution in [-0.2, 0) is 11.3 Å². The topological polar surface area (TPSA) is 32.3 Å². The second-order valence-corrected chi connectivity index (χ2v) is 6.69.